The van der Waals surface area contributed by atoms with Crippen LogP contribution in [0.5, 0.6) is 5.75 Å². The van der Waals surface area contributed by atoms with Gasteiger partial charge in [-0.3, -0.25) is 0 Å². The molecule has 20 heavy (non-hydrogen) atoms. The Morgan fingerprint density at radius 1 is 1.50 bits per heavy atom. The molecule has 0 saturated carbocycles. The maximum atomic E-state index is 13.0. The average molecular weight is 295 g/mol. The van der Waals surface area contributed by atoms with Crippen LogP contribution in [0.2, 0.25) is 0 Å². The average Bonchev–Trinajstić information content (AvgIpc) is 2.82. The molecule has 1 heterocycles. The van der Waals surface area contributed by atoms with Crippen LogP contribution in [-0.2, 0) is 12.8 Å². The Kier molecular flexibility index (Phi) is 4.68. The van der Waals surface area contributed by atoms with Gasteiger partial charge in [-0.15, -0.1) is 11.3 Å². The fourth-order valence-electron chi connectivity index (χ4n) is 1.73. The second-order valence-electron chi connectivity index (χ2n) is 4.10. The summed E-state index contributed by atoms with van der Waals surface area (Å²) < 4.78 is 18.4. The van der Waals surface area contributed by atoms with E-state index in [9.17, 15) is 9.18 Å². The number of carbonyl (C=O) groups is 1. The maximum Gasteiger partial charge on any atom is 0.347 e. The quantitative estimate of drug-likeness (QED) is 0.889. The molecule has 1 aromatic carbocycles. The number of carboxylic acids is 1. The smallest absolute Gasteiger partial charge is 0.347 e. The SMILES string of the molecule is CCc1nc(CCOc2cccc(F)c2)sc1C(=O)O. The molecule has 0 aliphatic carbocycles. The molecule has 6 heteroatoms. The predicted octanol–water partition coefficient (Wildman–Crippen LogP) is 3.16. The van der Waals surface area contributed by atoms with Crippen molar-refractivity contribution in [2.24, 2.45) is 0 Å². The zero-order chi connectivity index (χ0) is 14.5. The van der Waals surface area contributed by atoms with E-state index in [4.69, 9.17) is 9.84 Å². The van der Waals surface area contributed by atoms with E-state index in [1.165, 1.54) is 23.5 Å². The normalized spacial score (nSPS) is 10.5. The van der Waals surface area contributed by atoms with Crippen LogP contribution in [-0.4, -0.2) is 22.7 Å². The monoisotopic (exact) mass is 295 g/mol. The first-order chi connectivity index (χ1) is 9.60. The van der Waals surface area contributed by atoms with Crippen LogP contribution in [0.3, 0.4) is 0 Å². The van der Waals surface area contributed by atoms with Crippen LogP contribution in [0.1, 0.15) is 27.3 Å². The molecule has 0 amide bonds. The fraction of sp³-hybridized carbons (Fsp3) is 0.286. The minimum Gasteiger partial charge on any atom is -0.493 e. The number of rotatable bonds is 6. The number of carboxylic acid groups (broad SMARTS) is 1. The van der Waals surface area contributed by atoms with Gasteiger partial charge < -0.3 is 9.84 Å². The number of halogens is 1. The van der Waals surface area contributed by atoms with Crippen molar-refractivity contribution in [2.45, 2.75) is 19.8 Å². The standard InChI is InChI=1S/C14H14FNO3S/c1-2-11-13(14(17)18)20-12(16-11)6-7-19-10-5-3-4-9(15)8-10/h3-5,8H,2,6-7H2,1H3,(H,17,18). The van der Waals surface area contributed by atoms with Crippen LogP contribution in [0.15, 0.2) is 24.3 Å². The summed E-state index contributed by atoms with van der Waals surface area (Å²) in [6, 6.07) is 5.90. The van der Waals surface area contributed by atoms with Crippen molar-refractivity contribution in [3.63, 3.8) is 0 Å². The minimum atomic E-state index is -0.948. The van der Waals surface area contributed by atoms with Gasteiger partial charge in [-0.25, -0.2) is 14.2 Å². The van der Waals surface area contributed by atoms with Gasteiger partial charge in [0.25, 0.3) is 0 Å². The first-order valence-corrected chi connectivity index (χ1v) is 7.02. The lowest BCUT2D eigenvalue weighted by molar-refractivity contribution is 0.0701. The molecule has 0 fully saturated rings. The molecule has 0 spiro atoms. The fourth-order valence-corrected chi connectivity index (χ4v) is 2.70. The van der Waals surface area contributed by atoms with Crippen LogP contribution < -0.4 is 4.74 Å². The van der Waals surface area contributed by atoms with Crippen molar-refractivity contribution in [1.29, 1.82) is 0 Å². The summed E-state index contributed by atoms with van der Waals surface area (Å²) in [7, 11) is 0. The summed E-state index contributed by atoms with van der Waals surface area (Å²) in [5, 5.41) is 9.76. The Labute approximate surface area is 119 Å². The Bertz CT molecular complexity index is 612. The highest BCUT2D eigenvalue weighted by Crippen LogP contribution is 2.20. The molecule has 0 bridgehead atoms. The molecular weight excluding hydrogens is 281 g/mol. The summed E-state index contributed by atoms with van der Waals surface area (Å²) in [6.07, 6.45) is 1.09. The number of ether oxygens (including phenoxy) is 1. The van der Waals surface area contributed by atoms with Crippen molar-refractivity contribution in [3.8, 4) is 5.75 Å². The summed E-state index contributed by atoms with van der Waals surface area (Å²) in [5.41, 5.74) is 0.600. The lowest BCUT2D eigenvalue weighted by Crippen LogP contribution is -2.01. The summed E-state index contributed by atoms with van der Waals surface area (Å²) >= 11 is 1.17. The van der Waals surface area contributed by atoms with Gasteiger partial charge in [-0.1, -0.05) is 13.0 Å². The highest BCUT2D eigenvalue weighted by atomic mass is 32.1. The number of aromatic nitrogens is 1. The number of aryl methyl sites for hydroxylation is 1. The molecule has 0 saturated heterocycles. The molecule has 0 atom stereocenters. The Morgan fingerprint density at radius 3 is 2.90 bits per heavy atom. The van der Waals surface area contributed by atoms with E-state index in [0.717, 1.165) is 5.01 Å². The largest absolute Gasteiger partial charge is 0.493 e. The molecule has 2 aromatic rings. The van der Waals surface area contributed by atoms with Gasteiger partial charge in [-0.2, -0.15) is 0 Å². The van der Waals surface area contributed by atoms with E-state index in [0.29, 0.717) is 30.9 Å². The molecule has 0 radical (unpaired) electrons. The highest BCUT2D eigenvalue weighted by Gasteiger charge is 2.15. The molecule has 1 aromatic heterocycles. The Hall–Kier alpha value is -1.95. The topological polar surface area (TPSA) is 59.4 Å². The van der Waals surface area contributed by atoms with Gasteiger partial charge in [0.2, 0.25) is 0 Å². The number of hydrogen-bond acceptors (Lipinski definition) is 4. The van der Waals surface area contributed by atoms with Crippen LogP contribution >= 0.6 is 11.3 Å². The van der Waals surface area contributed by atoms with Gasteiger partial charge in [0.15, 0.2) is 0 Å². The zero-order valence-corrected chi connectivity index (χ0v) is 11.7. The molecule has 0 aliphatic rings. The second kappa shape index (κ2) is 6.47. The molecule has 0 unspecified atom stereocenters. The van der Waals surface area contributed by atoms with Gasteiger partial charge in [0, 0.05) is 12.5 Å². The van der Waals surface area contributed by atoms with E-state index < -0.39 is 5.97 Å². The number of aromatic carboxylic acids is 1. The molecule has 4 nitrogen and oxygen atoms in total. The van der Waals surface area contributed by atoms with E-state index in [2.05, 4.69) is 4.98 Å². The minimum absolute atomic E-state index is 0.285. The van der Waals surface area contributed by atoms with E-state index in [1.54, 1.807) is 12.1 Å². The van der Waals surface area contributed by atoms with Crippen LogP contribution in [0.25, 0.3) is 0 Å². The third-order valence-corrected chi connectivity index (χ3v) is 3.80. The Morgan fingerprint density at radius 2 is 2.30 bits per heavy atom. The van der Waals surface area contributed by atoms with E-state index in [1.807, 2.05) is 6.92 Å². The van der Waals surface area contributed by atoms with Crippen molar-refractivity contribution < 1.29 is 19.0 Å². The summed E-state index contributed by atoms with van der Waals surface area (Å²) in [6.45, 7) is 2.20. The third-order valence-electron chi connectivity index (χ3n) is 2.65. The van der Waals surface area contributed by atoms with E-state index >= 15 is 0 Å². The molecule has 0 aliphatic heterocycles. The lowest BCUT2D eigenvalue weighted by atomic mass is 10.3. The van der Waals surface area contributed by atoms with Crippen LogP contribution in [0, 0.1) is 5.82 Å². The molecule has 2 rings (SSSR count). The number of nitrogens with zero attached hydrogens (tertiary/aromatic N) is 1. The number of hydrogen-bond donors (Lipinski definition) is 1. The summed E-state index contributed by atoms with van der Waals surface area (Å²) in [4.78, 5) is 15.6. The van der Waals surface area contributed by atoms with Gasteiger partial charge in [-0.05, 0) is 18.6 Å². The molecular formula is C14H14FNO3S. The third kappa shape index (κ3) is 3.54. The summed E-state index contributed by atoms with van der Waals surface area (Å²) in [5.74, 6) is -0.842. The van der Waals surface area contributed by atoms with Gasteiger partial charge in [0.1, 0.15) is 16.4 Å². The number of benzene rings is 1. The first-order valence-electron chi connectivity index (χ1n) is 6.20. The second-order valence-corrected chi connectivity index (χ2v) is 5.18. The van der Waals surface area contributed by atoms with Crippen molar-refractivity contribution in [1.82, 2.24) is 4.98 Å². The predicted molar refractivity (Wildman–Crippen MR) is 74.1 cm³/mol. The van der Waals surface area contributed by atoms with E-state index in [-0.39, 0.29) is 10.7 Å². The molecule has 106 valence electrons. The van der Waals surface area contributed by atoms with Crippen molar-refractivity contribution in [2.75, 3.05) is 6.61 Å². The highest BCUT2D eigenvalue weighted by molar-refractivity contribution is 7.13. The first kappa shape index (κ1) is 14.5. The van der Waals surface area contributed by atoms with Crippen molar-refractivity contribution in [3.05, 3.63) is 45.7 Å². The van der Waals surface area contributed by atoms with Crippen LogP contribution in [0.4, 0.5) is 4.39 Å². The Balaban J connectivity index is 1.96. The zero-order valence-electron chi connectivity index (χ0n) is 10.9. The number of thiazole rings is 1. The van der Waals surface area contributed by atoms with Gasteiger partial charge in [0.05, 0.1) is 17.3 Å². The maximum absolute atomic E-state index is 13.0. The lowest BCUT2D eigenvalue weighted by Gasteiger charge is -2.04. The molecule has 1 N–H and O–H groups in total. The van der Waals surface area contributed by atoms with Crippen molar-refractivity contribution >= 4 is 17.3 Å². The van der Waals surface area contributed by atoms with Gasteiger partial charge >= 0.3 is 5.97 Å².